The van der Waals surface area contributed by atoms with Crippen LogP contribution in [0.4, 0.5) is 0 Å². The average molecular weight is 205 g/mol. The highest BCUT2D eigenvalue weighted by molar-refractivity contribution is 5.24. The molecule has 0 saturated heterocycles. The molecule has 0 aliphatic rings. The van der Waals surface area contributed by atoms with E-state index in [1.165, 1.54) is 5.56 Å². The van der Waals surface area contributed by atoms with E-state index < -0.39 is 0 Å². The van der Waals surface area contributed by atoms with E-state index in [1.54, 1.807) is 0 Å². The zero-order chi connectivity index (χ0) is 11.5. The first-order chi connectivity index (χ1) is 6.87. The third kappa shape index (κ3) is 3.35. The summed E-state index contributed by atoms with van der Waals surface area (Å²) in [5, 5.41) is 0. The van der Waals surface area contributed by atoms with E-state index in [0.717, 1.165) is 12.8 Å². The summed E-state index contributed by atoms with van der Waals surface area (Å²) in [7, 11) is 0. The highest BCUT2D eigenvalue weighted by Crippen LogP contribution is 2.32. The molecule has 0 heterocycles. The Morgan fingerprint density at radius 2 is 1.60 bits per heavy atom. The predicted molar refractivity (Wildman–Crippen MR) is 67.0 cm³/mol. The summed E-state index contributed by atoms with van der Waals surface area (Å²) in [6.07, 6.45) is 2.03. The molecule has 1 rings (SSSR count). The van der Waals surface area contributed by atoms with Gasteiger partial charge in [-0.2, -0.15) is 0 Å². The molecule has 0 spiro atoms. The molecule has 0 radical (unpaired) electrons. The quantitative estimate of drug-likeness (QED) is 0.800. The molecular formula is C14H23N. The lowest BCUT2D eigenvalue weighted by Crippen LogP contribution is -2.41. The van der Waals surface area contributed by atoms with Crippen LogP contribution in [0.5, 0.6) is 0 Å². The van der Waals surface area contributed by atoms with E-state index in [0.29, 0.717) is 0 Å². The molecule has 0 aliphatic carbocycles. The van der Waals surface area contributed by atoms with Crippen molar-refractivity contribution < 1.29 is 0 Å². The van der Waals surface area contributed by atoms with Gasteiger partial charge in [0.25, 0.3) is 0 Å². The van der Waals surface area contributed by atoms with Gasteiger partial charge in [-0.3, -0.25) is 0 Å². The fourth-order valence-electron chi connectivity index (χ4n) is 2.13. The summed E-state index contributed by atoms with van der Waals surface area (Å²) in [5.74, 6) is 0. The van der Waals surface area contributed by atoms with Gasteiger partial charge in [0.2, 0.25) is 0 Å². The van der Waals surface area contributed by atoms with Crippen molar-refractivity contribution in [3.63, 3.8) is 0 Å². The van der Waals surface area contributed by atoms with Crippen LogP contribution in [-0.4, -0.2) is 5.54 Å². The molecule has 0 amide bonds. The van der Waals surface area contributed by atoms with Crippen LogP contribution in [0.3, 0.4) is 0 Å². The molecule has 1 heteroatoms. The molecule has 1 aromatic rings. The van der Waals surface area contributed by atoms with Crippen molar-refractivity contribution in [3.05, 3.63) is 35.9 Å². The Morgan fingerprint density at radius 3 is 2.07 bits per heavy atom. The second-order valence-corrected chi connectivity index (χ2v) is 5.43. The standard InChI is InChI=1S/C14H23N/c1-5-14(4,15)11-13(2,3)12-9-7-6-8-10-12/h6-10H,5,11,15H2,1-4H3. The molecule has 1 nitrogen and oxygen atoms in total. The van der Waals surface area contributed by atoms with Crippen LogP contribution in [0.15, 0.2) is 30.3 Å². The van der Waals surface area contributed by atoms with E-state index in [2.05, 4.69) is 58.0 Å². The molecule has 0 saturated carbocycles. The Hall–Kier alpha value is -0.820. The molecule has 15 heavy (non-hydrogen) atoms. The van der Waals surface area contributed by atoms with Gasteiger partial charge in [0, 0.05) is 5.54 Å². The molecule has 1 atom stereocenters. The average Bonchev–Trinajstić information content (AvgIpc) is 2.18. The molecule has 1 aromatic carbocycles. The lowest BCUT2D eigenvalue weighted by molar-refractivity contribution is 0.319. The van der Waals surface area contributed by atoms with E-state index in [4.69, 9.17) is 5.73 Å². The summed E-state index contributed by atoms with van der Waals surface area (Å²) in [5.41, 5.74) is 7.69. The van der Waals surface area contributed by atoms with E-state index in [-0.39, 0.29) is 11.0 Å². The van der Waals surface area contributed by atoms with Gasteiger partial charge < -0.3 is 5.73 Å². The van der Waals surface area contributed by atoms with Gasteiger partial charge in [-0.25, -0.2) is 0 Å². The minimum atomic E-state index is -0.0701. The van der Waals surface area contributed by atoms with E-state index in [1.807, 2.05) is 0 Å². The van der Waals surface area contributed by atoms with Crippen LogP contribution >= 0.6 is 0 Å². The second-order valence-electron chi connectivity index (χ2n) is 5.43. The Morgan fingerprint density at radius 1 is 1.07 bits per heavy atom. The minimum absolute atomic E-state index is 0.0701. The highest BCUT2D eigenvalue weighted by Gasteiger charge is 2.29. The van der Waals surface area contributed by atoms with Crippen LogP contribution in [0.2, 0.25) is 0 Å². The van der Waals surface area contributed by atoms with Crippen molar-refractivity contribution in [1.29, 1.82) is 0 Å². The molecule has 0 aliphatic heterocycles. The summed E-state index contributed by atoms with van der Waals surface area (Å²) < 4.78 is 0. The molecule has 0 aromatic heterocycles. The molecular weight excluding hydrogens is 182 g/mol. The maximum absolute atomic E-state index is 6.24. The summed E-state index contributed by atoms with van der Waals surface area (Å²) in [4.78, 5) is 0. The van der Waals surface area contributed by atoms with Crippen molar-refractivity contribution >= 4 is 0 Å². The lowest BCUT2D eigenvalue weighted by atomic mass is 9.74. The molecule has 1 unspecified atom stereocenters. The number of benzene rings is 1. The van der Waals surface area contributed by atoms with Gasteiger partial charge in [0.15, 0.2) is 0 Å². The van der Waals surface area contributed by atoms with Gasteiger partial charge in [-0.05, 0) is 30.7 Å². The van der Waals surface area contributed by atoms with Crippen LogP contribution in [0, 0.1) is 0 Å². The molecule has 0 bridgehead atoms. The maximum Gasteiger partial charge on any atom is 0.0131 e. The Bertz CT molecular complexity index is 298. The number of hydrogen-bond donors (Lipinski definition) is 1. The first-order valence-electron chi connectivity index (χ1n) is 5.72. The fraction of sp³-hybridized carbons (Fsp3) is 0.571. The lowest BCUT2D eigenvalue weighted by Gasteiger charge is -2.34. The van der Waals surface area contributed by atoms with E-state index >= 15 is 0 Å². The third-order valence-corrected chi connectivity index (χ3v) is 3.21. The van der Waals surface area contributed by atoms with Crippen molar-refractivity contribution in [1.82, 2.24) is 0 Å². The van der Waals surface area contributed by atoms with E-state index in [9.17, 15) is 0 Å². The monoisotopic (exact) mass is 205 g/mol. The van der Waals surface area contributed by atoms with Crippen LogP contribution in [-0.2, 0) is 5.41 Å². The topological polar surface area (TPSA) is 26.0 Å². The highest BCUT2D eigenvalue weighted by atomic mass is 14.7. The predicted octanol–water partition coefficient (Wildman–Crippen LogP) is 3.48. The SMILES string of the molecule is CCC(C)(N)CC(C)(C)c1ccccc1. The maximum atomic E-state index is 6.24. The second kappa shape index (κ2) is 4.36. The normalized spacial score (nSPS) is 16.1. The number of hydrogen-bond acceptors (Lipinski definition) is 1. The third-order valence-electron chi connectivity index (χ3n) is 3.21. The first-order valence-corrected chi connectivity index (χ1v) is 5.72. The van der Waals surface area contributed by atoms with Crippen LogP contribution in [0.25, 0.3) is 0 Å². The smallest absolute Gasteiger partial charge is 0.0131 e. The van der Waals surface area contributed by atoms with Gasteiger partial charge in [0.1, 0.15) is 0 Å². The molecule has 0 fully saturated rings. The zero-order valence-corrected chi connectivity index (χ0v) is 10.4. The van der Waals surface area contributed by atoms with Gasteiger partial charge >= 0.3 is 0 Å². The Kier molecular flexibility index (Phi) is 3.56. The van der Waals surface area contributed by atoms with Crippen molar-refractivity contribution in [2.24, 2.45) is 5.73 Å². The number of rotatable bonds is 4. The minimum Gasteiger partial charge on any atom is -0.325 e. The van der Waals surface area contributed by atoms with Gasteiger partial charge in [0.05, 0.1) is 0 Å². The summed E-state index contributed by atoms with van der Waals surface area (Å²) in [6.45, 7) is 8.82. The Balaban J connectivity index is 2.85. The van der Waals surface area contributed by atoms with Crippen molar-refractivity contribution in [2.75, 3.05) is 0 Å². The largest absolute Gasteiger partial charge is 0.325 e. The summed E-state index contributed by atoms with van der Waals surface area (Å²) >= 11 is 0. The zero-order valence-electron chi connectivity index (χ0n) is 10.4. The summed E-state index contributed by atoms with van der Waals surface area (Å²) in [6, 6.07) is 10.6. The number of nitrogens with two attached hydrogens (primary N) is 1. The van der Waals surface area contributed by atoms with Crippen LogP contribution in [0.1, 0.15) is 46.1 Å². The fourth-order valence-corrected chi connectivity index (χ4v) is 2.13. The molecule has 2 N–H and O–H groups in total. The van der Waals surface area contributed by atoms with Crippen LogP contribution < -0.4 is 5.73 Å². The van der Waals surface area contributed by atoms with Crippen molar-refractivity contribution in [3.8, 4) is 0 Å². The van der Waals surface area contributed by atoms with Gasteiger partial charge in [-0.15, -0.1) is 0 Å². The van der Waals surface area contributed by atoms with Crippen molar-refractivity contribution in [2.45, 2.75) is 51.5 Å². The molecule has 84 valence electrons. The van der Waals surface area contributed by atoms with Gasteiger partial charge in [-0.1, -0.05) is 51.1 Å². The first kappa shape index (κ1) is 12.3. The Labute approximate surface area is 93.7 Å².